The number of rotatable bonds is 3. The molecule has 0 spiro atoms. The van der Waals surface area contributed by atoms with Gasteiger partial charge in [0.1, 0.15) is 5.78 Å². The van der Waals surface area contributed by atoms with E-state index in [1.165, 1.54) is 0 Å². The lowest BCUT2D eigenvalue weighted by atomic mass is 9.73. The van der Waals surface area contributed by atoms with Crippen LogP contribution in [0, 0.1) is 12.8 Å². The normalized spacial score (nSPS) is 26.2. The number of halogens is 1. The number of hydrogen-bond donors (Lipinski definition) is 0. The number of aryl methyl sites for hydroxylation is 1. The third-order valence-corrected chi connectivity index (χ3v) is 7.68. The van der Waals surface area contributed by atoms with Gasteiger partial charge in [-0.15, -0.1) is 0 Å². The number of Topliss-reactive ketones (excluding diaryl/α,β-unsaturated/α-hetero) is 1. The maximum Gasteiger partial charge on any atom is 0.243 e. The largest absolute Gasteiger partial charge is 0.299 e. The first kappa shape index (κ1) is 17.7. The van der Waals surface area contributed by atoms with Crippen molar-refractivity contribution in [1.82, 2.24) is 4.31 Å². The lowest BCUT2D eigenvalue weighted by Crippen LogP contribution is -2.56. The summed E-state index contributed by atoms with van der Waals surface area (Å²) in [5.74, 6) is -0.127. The number of nitrogens with zero attached hydrogens (tertiary/aromatic N) is 1. The second kappa shape index (κ2) is 6.48. The van der Waals surface area contributed by atoms with Gasteiger partial charge in [0.25, 0.3) is 0 Å². The molecule has 5 rings (SSSR count). The molecule has 0 amide bonds. The number of fused-ring (bicyclic) bond motifs is 3. The van der Waals surface area contributed by atoms with E-state index in [0.717, 1.165) is 24.0 Å². The van der Waals surface area contributed by atoms with Gasteiger partial charge in [-0.2, -0.15) is 4.31 Å². The summed E-state index contributed by atoms with van der Waals surface area (Å²) in [5.41, 5.74) is 1.83. The van der Waals surface area contributed by atoms with Gasteiger partial charge < -0.3 is 0 Å². The third-order valence-electron chi connectivity index (χ3n) is 5.48. The van der Waals surface area contributed by atoms with Gasteiger partial charge in [-0.25, -0.2) is 8.42 Å². The molecule has 2 saturated heterocycles. The van der Waals surface area contributed by atoms with Crippen LogP contribution >= 0.6 is 11.6 Å². The maximum absolute atomic E-state index is 13.4. The topological polar surface area (TPSA) is 54.5 Å². The van der Waals surface area contributed by atoms with Crippen molar-refractivity contribution in [1.29, 1.82) is 0 Å². The monoisotopic (exact) mass is 389 g/mol. The lowest BCUT2D eigenvalue weighted by Gasteiger charge is -2.49. The Morgan fingerprint density at radius 3 is 2.27 bits per heavy atom. The molecule has 3 atom stereocenters. The molecular weight excluding hydrogens is 370 g/mol. The molecular formula is C20H20ClNO3S. The molecule has 4 nitrogen and oxygen atoms in total. The van der Waals surface area contributed by atoms with Crippen LogP contribution in [0.5, 0.6) is 0 Å². The van der Waals surface area contributed by atoms with Crippen LogP contribution in [0.4, 0.5) is 0 Å². The van der Waals surface area contributed by atoms with Crippen LogP contribution in [0.3, 0.4) is 0 Å². The highest BCUT2D eigenvalue weighted by Gasteiger charge is 2.52. The molecule has 2 aliphatic heterocycles. The standard InChI is InChI=1S/C20H20ClNO3S/c1-13-2-9-17(10-3-13)26(24,25)22-16-8-11-18(19(23)12-16)20(22)14-4-6-15(21)7-5-14/h2-7,9-10,16,18,20H,8,11-12H2,1H3/t16-,18+,20-/m1/s1. The molecule has 0 unspecified atom stereocenters. The van der Waals surface area contributed by atoms with Crippen LogP contribution in [-0.4, -0.2) is 24.5 Å². The Bertz CT molecular complexity index is 938. The van der Waals surface area contributed by atoms with Crippen molar-refractivity contribution < 1.29 is 13.2 Å². The molecule has 0 N–H and O–H groups in total. The van der Waals surface area contributed by atoms with Crippen molar-refractivity contribution in [3.8, 4) is 0 Å². The molecule has 2 heterocycles. The summed E-state index contributed by atoms with van der Waals surface area (Å²) in [7, 11) is -3.69. The SMILES string of the molecule is Cc1ccc(S(=O)(=O)N2[C@@H]3CC[C@@H](C(=O)C3)[C@H]2c2ccc(Cl)cc2)cc1. The number of sulfonamides is 1. The molecule has 1 aliphatic carbocycles. The quantitative estimate of drug-likeness (QED) is 0.793. The Balaban J connectivity index is 1.82. The average molecular weight is 390 g/mol. The first-order valence-corrected chi connectivity index (χ1v) is 10.6. The van der Waals surface area contributed by atoms with Crippen LogP contribution in [0.15, 0.2) is 53.4 Å². The van der Waals surface area contributed by atoms with Crippen LogP contribution in [0.1, 0.15) is 36.4 Å². The molecule has 2 aromatic rings. The molecule has 0 radical (unpaired) electrons. The minimum Gasteiger partial charge on any atom is -0.299 e. The smallest absolute Gasteiger partial charge is 0.243 e. The van der Waals surface area contributed by atoms with E-state index in [1.807, 2.05) is 19.1 Å². The molecule has 6 heteroatoms. The van der Waals surface area contributed by atoms with Gasteiger partial charge in [0.15, 0.2) is 0 Å². The minimum absolute atomic E-state index is 0.163. The van der Waals surface area contributed by atoms with E-state index in [0.29, 0.717) is 11.4 Å². The predicted octanol–water partition coefficient (Wildman–Crippen LogP) is 4.13. The number of carbonyl (C=O) groups excluding carboxylic acids is 1. The van der Waals surface area contributed by atoms with Gasteiger partial charge in [-0.1, -0.05) is 41.4 Å². The molecule has 0 aromatic heterocycles. The van der Waals surface area contributed by atoms with Gasteiger partial charge in [-0.05, 0) is 49.6 Å². The highest BCUT2D eigenvalue weighted by atomic mass is 35.5. The van der Waals surface area contributed by atoms with Gasteiger partial charge in [0, 0.05) is 23.4 Å². The van der Waals surface area contributed by atoms with E-state index in [9.17, 15) is 13.2 Å². The fraction of sp³-hybridized carbons (Fsp3) is 0.350. The van der Waals surface area contributed by atoms with Gasteiger partial charge in [0.2, 0.25) is 10.0 Å². The van der Waals surface area contributed by atoms with Crippen molar-refractivity contribution in [3.05, 3.63) is 64.7 Å². The van der Waals surface area contributed by atoms with Crippen molar-refractivity contribution in [2.75, 3.05) is 0 Å². The van der Waals surface area contributed by atoms with E-state index in [2.05, 4.69) is 0 Å². The van der Waals surface area contributed by atoms with Crippen LogP contribution in [-0.2, 0) is 14.8 Å². The van der Waals surface area contributed by atoms with E-state index in [1.54, 1.807) is 40.7 Å². The highest BCUT2D eigenvalue weighted by molar-refractivity contribution is 7.89. The number of hydrogen-bond acceptors (Lipinski definition) is 3. The van der Waals surface area contributed by atoms with Crippen LogP contribution in [0.25, 0.3) is 0 Å². The number of carbonyl (C=O) groups is 1. The Kier molecular flexibility index (Phi) is 4.41. The summed E-state index contributed by atoms with van der Waals surface area (Å²) in [4.78, 5) is 12.8. The zero-order chi connectivity index (χ0) is 18.5. The van der Waals surface area contributed by atoms with E-state index in [-0.39, 0.29) is 22.6 Å². The number of piperidine rings is 2. The van der Waals surface area contributed by atoms with Crippen molar-refractivity contribution in [2.45, 2.75) is 43.2 Å². The second-order valence-corrected chi connectivity index (χ2v) is 9.43. The van der Waals surface area contributed by atoms with Crippen LogP contribution in [0.2, 0.25) is 5.02 Å². The summed E-state index contributed by atoms with van der Waals surface area (Å²) in [5, 5.41) is 0.592. The van der Waals surface area contributed by atoms with Gasteiger partial charge in [-0.3, -0.25) is 4.79 Å². The Morgan fingerprint density at radius 2 is 1.65 bits per heavy atom. The number of ketones is 1. The predicted molar refractivity (Wildman–Crippen MR) is 101 cm³/mol. The van der Waals surface area contributed by atoms with Crippen molar-refractivity contribution in [2.24, 2.45) is 5.92 Å². The third kappa shape index (κ3) is 2.88. The zero-order valence-corrected chi connectivity index (χ0v) is 16.0. The van der Waals surface area contributed by atoms with E-state index >= 15 is 0 Å². The molecule has 3 fully saturated rings. The van der Waals surface area contributed by atoms with Crippen molar-refractivity contribution in [3.63, 3.8) is 0 Å². The molecule has 3 aliphatic rings. The first-order valence-electron chi connectivity index (χ1n) is 8.76. The minimum atomic E-state index is -3.69. The van der Waals surface area contributed by atoms with Gasteiger partial charge >= 0.3 is 0 Å². The number of benzene rings is 2. The van der Waals surface area contributed by atoms with Crippen molar-refractivity contribution >= 4 is 27.4 Å². The summed E-state index contributed by atoms with van der Waals surface area (Å²) in [6.45, 7) is 1.93. The zero-order valence-electron chi connectivity index (χ0n) is 14.4. The molecule has 2 aromatic carbocycles. The maximum atomic E-state index is 13.4. The molecule has 26 heavy (non-hydrogen) atoms. The van der Waals surface area contributed by atoms with Gasteiger partial charge in [0.05, 0.1) is 10.9 Å². The lowest BCUT2D eigenvalue weighted by molar-refractivity contribution is -0.133. The molecule has 136 valence electrons. The Morgan fingerprint density at radius 1 is 1.00 bits per heavy atom. The second-order valence-electron chi connectivity index (χ2n) is 7.15. The summed E-state index contributed by atoms with van der Waals surface area (Å²) >= 11 is 6.00. The first-order chi connectivity index (χ1) is 12.4. The fourth-order valence-electron chi connectivity index (χ4n) is 4.19. The summed E-state index contributed by atoms with van der Waals surface area (Å²) in [6.07, 6.45) is 1.77. The summed E-state index contributed by atoms with van der Waals surface area (Å²) < 4.78 is 28.4. The van der Waals surface area contributed by atoms with Crippen LogP contribution < -0.4 is 0 Å². The summed E-state index contributed by atoms with van der Waals surface area (Å²) in [6, 6.07) is 13.3. The highest BCUT2D eigenvalue weighted by Crippen LogP contribution is 2.48. The Labute approximate surface area is 158 Å². The average Bonchev–Trinajstić information content (AvgIpc) is 2.62. The Hall–Kier alpha value is -1.69. The fourth-order valence-corrected chi connectivity index (χ4v) is 6.18. The van der Waals surface area contributed by atoms with E-state index < -0.39 is 16.1 Å². The molecule has 1 saturated carbocycles. The van der Waals surface area contributed by atoms with E-state index in [4.69, 9.17) is 11.6 Å². The molecule has 2 bridgehead atoms.